The van der Waals surface area contributed by atoms with Gasteiger partial charge in [0, 0.05) is 0 Å². The first kappa shape index (κ1) is 8.97. The highest BCUT2D eigenvalue weighted by atomic mass is 16.3. The van der Waals surface area contributed by atoms with Gasteiger partial charge >= 0.3 is 0 Å². The van der Waals surface area contributed by atoms with Crippen LogP contribution in [0.15, 0.2) is 53.3 Å². The lowest BCUT2D eigenvalue weighted by Gasteiger charge is -2.02. The number of oxazole rings is 1. The minimum absolute atomic E-state index is 0.619. The number of fused-ring (bicyclic) bond motifs is 1. The molecule has 1 heterocycles. The lowest BCUT2D eigenvalue weighted by Crippen LogP contribution is -1.87. The Bertz CT molecular complexity index is 629. The Morgan fingerprint density at radius 2 is 1.81 bits per heavy atom. The van der Waals surface area contributed by atoms with Crippen LogP contribution < -0.4 is 5.73 Å². The van der Waals surface area contributed by atoms with E-state index >= 15 is 0 Å². The van der Waals surface area contributed by atoms with Crippen molar-refractivity contribution < 1.29 is 4.42 Å². The number of rotatable bonds is 1. The van der Waals surface area contributed by atoms with Crippen LogP contribution in [-0.4, -0.2) is 4.98 Å². The van der Waals surface area contributed by atoms with Crippen molar-refractivity contribution in [1.29, 1.82) is 0 Å². The highest BCUT2D eigenvalue weighted by Crippen LogP contribution is 2.28. The SMILES string of the molecule is Nc1cc(-c2ccccc2)cc2ncoc12. The summed E-state index contributed by atoms with van der Waals surface area (Å²) in [5.74, 6) is 0. The zero-order chi connectivity index (χ0) is 11.0. The molecular weight excluding hydrogens is 200 g/mol. The molecule has 3 nitrogen and oxygen atoms in total. The van der Waals surface area contributed by atoms with Crippen LogP contribution in [0, 0.1) is 0 Å². The molecule has 3 rings (SSSR count). The quantitative estimate of drug-likeness (QED) is 0.628. The average molecular weight is 210 g/mol. The third-order valence-electron chi connectivity index (χ3n) is 2.57. The Hall–Kier alpha value is -2.29. The van der Waals surface area contributed by atoms with E-state index in [1.807, 2.05) is 42.5 Å². The molecule has 0 aliphatic carbocycles. The van der Waals surface area contributed by atoms with Crippen molar-refractivity contribution in [1.82, 2.24) is 4.98 Å². The van der Waals surface area contributed by atoms with Crippen LogP contribution in [0.4, 0.5) is 5.69 Å². The van der Waals surface area contributed by atoms with Crippen LogP contribution in [0.25, 0.3) is 22.2 Å². The van der Waals surface area contributed by atoms with E-state index < -0.39 is 0 Å². The third-order valence-corrected chi connectivity index (χ3v) is 2.57. The molecule has 0 aliphatic heterocycles. The monoisotopic (exact) mass is 210 g/mol. The summed E-state index contributed by atoms with van der Waals surface area (Å²) < 4.78 is 5.20. The minimum Gasteiger partial charge on any atom is -0.441 e. The van der Waals surface area contributed by atoms with Crippen molar-refractivity contribution in [2.45, 2.75) is 0 Å². The zero-order valence-electron chi connectivity index (χ0n) is 8.55. The lowest BCUT2D eigenvalue weighted by molar-refractivity contribution is 0.603. The summed E-state index contributed by atoms with van der Waals surface area (Å²) in [5, 5.41) is 0. The second kappa shape index (κ2) is 3.38. The Kier molecular flexibility index (Phi) is 1.90. The molecule has 16 heavy (non-hydrogen) atoms. The van der Waals surface area contributed by atoms with Gasteiger partial charge in [-0.3, -0.25) is 0 Å². The molecular formula is C13H10N2O. The number of hydrogen-bond acceptors (Lipinski definition) is 3. The second-order valence-corrected chi connectivity index (χ2v) is 3.63. The first-order valence-corrected chi connectivity index (χ1v) is 5.03. The molecule has 2 aromatic carbocycles. The van der Waals surface area contributed by atoms with Crippen molar-refractivity contribution >= 4 is 16.8 Å². The number of benzene rings is 2. The molecule has 0 spiro atoms. The maximum Gasteiger partial charge on any atom is 0.182 e. The van der Waals surface area contributed by atoms with E-state index in [2.05, 4.69) is 4.98 Å². The number of hydrogen-bond donors (Lipinski definition) is 1. The molecule has 78 valence electrons. The van der Waals surface area contributed by atoms with Crippen molar-refractivity contribution in [3.8, 4) is 11.1 Å². The number of nitrogens with zero attached hydrogens (tertiary/aromatic N) is 1. The Morgan fingerprint density at radius 3 is 2.62 bits per heavy atom. The van der Waals surface area contributed by atoms with Crippen LogP contribution in [0.2, 0.25) is 0 Å². The number of nitrogens with two attached hydrogens (primary N) is 1. The maximum absolute atomic E-state index is 5.91. The molecule has 0 amide bonds. The molecule has 0 radical (unpaired) electrons. The lowest BCUT2D eigenvalue weighted by atomic mass is 10.0. The summed E-state index contributed by atoms with van der Waals surface area (Å²) >= 11 is 0. The fourth-order valence-electron chi connectivity index (χ4n) is 1.79. The maximum atomic E-state index is 5.91. The molecule has 3 heteroatoms. The number of anilines is 1. The van der Waals surface area contributed by atoms with Gasteiger partial charge in [0.1, 0.15) is 5.52 Å². The molecule has 3 aromatic rings. The molecule has 0 atom stereocenters. The number of nitrogen functional groups attached to an aromatic ring is 1. The van der Waals surface area contributed by atoms with Crippen LogP contribution in [-0.2, 0) is 0 Å². The summed E-state index contributed by atoms with van der Waals surface area (Å²) in [5.41, 5.74) is 10.1. The average Bonchev–Trinajstić information content (AvgIpc) is 2.79. The van der Waals surface area contributed by atoms with Gasteiger partial charge in [0.15, 0.2) is 12.0 Å². The topological polar surface area (TPSA) is 52.0 Å². The Labute approximate surface area is 92.5 Å². The summed E-state index contributed by atoms with van der Waals surface area (Å²) in [6.45, 7) is 0. The Balaban J connectivity index is 2.25. The van der Waals surface area contributed by atoms with Crippen LogP contribution in [0.1, 0.15) is 0 Å². The molecule has 2 N–H and O–H groups in total. The Morgan fingerprint density at radius 1 is 1.00 bits per heavy atom. The fraction of sp³-hybridized carbons (Fsp3) is 0. The molecule has 0 fully saturated rings. The molecule has 0 unspecified atom stereocenters. The van der Waals surface area contributed by atoms with Crippen LogP contribution >= 0.6 is 0 Å². The van der Waals surface area contributed by atoms with Gasteiger partial charge in [0.2, 0.25) is 0 Å². The van der Waals surface area contributed by atoms with Gasteiger partial charge in [-0.05, 0) is 23.3 Å². The van der Waals surface area contributed by atoms with E-state index in [1.165, 1.54) is 6.39 Å². The van der Waals surface area contributed by atoms with Crippen LogP contribution in [0.3, 0.4) is 0 Å². The minimum atomic E-state index is 0.619. The standard InChI is InChI=1S/C13H10N2O/c14-11-6-10(9-4-2-1-3-5-9)7-12-13(11)16-8-15-12/h1-8H,14H2. The summed E-state index contributed by atoms with van der Waals surface area (Å²) in [7, 11) is 0. The van der Waals surface area contributed by atoms with Crippen molar-refractivity contribution in [3.05, 3.63) is 48.9 Å². The predicted molar refractivity (Wildman–Crippen MR) is 63.9 cm³/mol. The van der Waals surface area contributed by atoms with E-state index in [0.29, 0.717) is 11.3 Å². The summed E-state index contributed by atoms with van der Waals surface area (Å²) in [6.07, 6.45) is 1.41. The van der Waals surface area contributed by atoms with Gasteiger partial charge in [0.25, 0.3) is 0 Å². The van der Waals surface area contributed by atoms with Gasteiger partial charge < -0.3 is 10.2 Å². The number of aromatic nitrogens is 1. The molecule has 0 saturated carbocycles. The predicted octanol–water partition coefficient (Wildman–Crippen LogP) is 3.08. The molecule has 0 saturated heterocycles. The first-order valence-electron chi connectivity index (χ1n) is 5.03. The molecule has 0 aliphatic rings. The van der Waals surface area contributed by atoms with Gasteiger partial charge in [-0.1, -0.05) is 30.3 Å². The summed E-state index contributed by atoms with van der Waals surface area (Å²) in [4.78, 5) is 4.12. The van der Waals surface area contributed by atoms with Gasteiger partial charge in [0.05, 0.1) is 5.69 Å². The normalized spacial score (nSPS) is 10.8. The van der Waals surface area contributed by atoms with Crippen molar-refractivity contribution in [2.24, 2.45) is 0 Å². The highest BCUT2D eigenvalue weighted by molar-refractivity contribution is 5.90. The van der Waals surface area contributed by atoms with Crippen molar-refractivity contribution in [2.75, 3.05) is 5.73 Å². The van der Waals surface area contributed by atoms with Crippen molar-refractivity contribution in [3.63, 3.8) is 0 Å². The first-order chi connectivity index (χ1) is 7.84. The van der Waals surface area contributed by atoms with E-state index in [9.17, 15) is 0 Å². The molecule has 1 aromatic heterocycles. The second-order valence-electron chi connectivity index (χ2n) is 3.63. The fourth-order valence-corrected chi connectivity index (χ4v) is 1.79. The van der Waals surface area contributed by atoms with E-state index in [1.54, 1.807) is 0 Å². The highest BCUT2D eigenvalue weighted by Gasteiger charge is 2.06. The van der Waals surface area contributed by atoms with E-state index in [4.69, 9.17) is 10.2 Å². The van der Waals surface area contributed by atoms with Gasteiger partial charge in [-0.15, -0.1) is 0 Å². The zero-order valence-corrected chi connectivity index (χ0v) is 8.55. The summed E-state index contributed by atoms with van der Waals surface area (Å²) in [6, 6.07) is 14.0. The third kappa shape index (κ3) is 1.34. The molecule has 0 bridgehead atoms. The van der Waals surface area contributed by atoms with Gasteiger partial charge in [-0.25, -0.2) is 4.98 Å². The van der Waals surface area contributed by atoms with E-state index in [0.717, 1.165) is 16.6 Å². The van der Waals surface area contributed by atoms with Crippen LogP contribution in [0.5, 0.6) is 0 Å². The van der Waals surface area contributed by atoms with E-state index in [-0.39, 0.29) is 0 Å². The van der Waals surface area contributed by atoms with Gasteiger partial charge in [-0.2, -0.15) is 0 Å². The largest absolute Gasteiger partial charge is 0.441 e. The smallest absolute Gasteiger partial charge is 0.182 e.